The van der Waals surface area contributed by atoms with Crippen molar-refractivity contribution >= 4 is 29.0 Å². The zero-order valence-corrected chi connectivity index (χ0v) is 16.7. The Labute approximate surface area is 175 Å². The van der Waals surface area contributed by atoms with Gasteiger partial charge in [-0.1, -0.05) is 17.8 Å². The van der Waals surface area contributed by atoms with Crippen molar-refractivity contribution in [2.24, 2.45) is 0 Å². The van der Waals surface area contributed by atoms with Crippen LogP contribution in [0.5, 0.6) is 0 Å². The summed E-state index contributed by atoms with van der Waals surface area (Å²) in [5.41, 5.74) is 1.82. The van der Waals surface area contributed by atoms with Gasteiger partial charge in [-0.25, -0.2) is 4.79 Å². The number of nitro benzene ring substituents is 1. The van der Waals surface area contributed by atoms with Gasteiger partial charge in [0.05, 0.1) is 23.5 Å². The first-order valence-electron chi connectivity index (χ1n) is 9.33. The van der Waals surface area contributed by atoms with Gasteiger partial charge in [0, 0.05) is 29.1 Å². The fourth-order valence-corrected chi connectivity index (χ4v) is 4.33. The van der Waals surface area contributed by atoms with Crippen LogP contribution in [0.25, 0.3) is 0 Å². The van der Waals surface area contributed by atoms with Gasteiger partial charge in [0.2, 0.25) is 5.91 Å². The van der Waals surface area contributed by atoms with E-state index in [-0.39, 0.29) is 23.0 Å². The molecule has 0 saturated heterocycles. The lowest BCUT2D eigenvalue weighted by atomic mass is 10.2. The van der Waals surface area contributed by atoms with Crippen molar-refractivity contribution in [2.75, 3.05) is 11.1 Å². The molecule has 2 heterocycles. The second kappa shape index (κ2) is 8.54. The average Bonchev–Trinajstić information content (AvgIpc) is 3.41. The lowest BCUT2D eigenvalue weighted by molar-refractivity contribution is -0.384. The minimum Gasteiger partial charge on any atom is -0.467 e. The number of benzene rings is 1. The molecule has 0 radical (unpaired) electrons. The van der Waals surface area contributed by atoms with Gasteiger partial charge in [0.15, 0.2) is 0 Å². The molecule has 10 heteroatoms. The van der Waals surface area contributed by atoms with Gasteiger partial charge < -0.3 is 9.73 Å². The Bertz CT molecular complexity index is 1160. The van der Waals surface area contributed by atoms with Crippen molar-refractivity contribution < 1.29 is 14.1 Å². The Morgan fingerprint density at radius 1 is 1.30 bits per heavy atom. The standard InChI is InChI=1S/C20H18N4O5S/c25-18(21-13-4-1-5-14(10-13)24(27)28)12-30-19-16-7-2-8-17(16)23(20(26)22-19)11-15-6-3-9-29-15/h1,3-6,9-10H,2,7-8,11-12H2,(H,21,25). The molecule has 9 nitrogen and oxygen atoms in total. The molecule has 1 aliphatic rings. The Hall–Kier alpha value is -3.40. The van der Waals surface area contributed by atoms with Crippen molar-refractivity contribution in [3.63, 3.8) is 0 Å². The van der Waals surface area contributed by atoms with Crippen molar-refractivity contribution in [1.82, 2.24) is 9.55 Å². The molecule has 0 aliphatic heterocycles. The highest BCUT2D eigenvalue weighted by Crippen LogP contribution is 2.29. The van der Waals surface area contributed by atoms with Crippen LogP contribution in [-0.2, 0) is 24.2 Å². The monoisotopic (exact) mass is 426 g/mol. The molecule has 1 aromatic carbocycles. The van der Waals surface area contributed by atoms with Crippen LogP contribution < -0.4 is 11.0 Å². The summed E-state index contributed by atoms with van der Waals surface area (Å²) in [6.45, 7) is 0.333. The van der Waals surface area contributed by atoms with Crippen LogP contribution in [-0.4, -0.2) is 26.1 Å². The highest BCUT2D eigenvalue weighted by molar-refractivity contribution is 8.00. The maximum Gasteiger partial charge on any atom is 0.349 e. The fourth-order valence-electron chi connectivity index (χ4n) is 3.46. The van der Waals surface area contributed by atoms with E-state index in [0.717, 1.165) is 30.5 Å². The van der Waals surface area contributed by atoms with Crippen molar-refractivity contribution in [1.29, 1.82) is 0 Å². The van der Waals surface area contributed by atoms with E-state index in [4.69, 9.17) is 4.42 Å². The summed E-state index contributed by atoms with van der Waals surface area (Å²) in [7, 11) is 0. The van der Waals surface area contributed by atoms with Crippen LogP contribution in [0.15, 0.2) is 56.9 Å². The van der Waals surface area contributed by atoms with Gasteiger partial charge >= 0.3 is 5.69 Å². The van der Waals surface area contributed by atoms with Gasteiger partial charge in [0.25, 0.3) is 5.69 Å². The van der Waals surface area contributed by atoms with Crippen LogP contribution in [0.3, 0.4) is 0 Å². The second-order valence-corrected chi connectivity index (χ2v) is 7.75. The number of non-ortho nitro benzene ring substituents is 1. The number of thioether (sulfide) groups is 1. The van der Waals surface area contributed by atoms with Gasteiger partial charge in [0.1, 0.15) is 10.8 Å². The van der Waals surface area contributed by atoms with E-state index in [2.05, 4.69) is 10.3 Å². The molecule has 0 unspecified atom stereocenters. The molecular formula is C20H18N4O5S. The molecule has 154 valence electrons. The molecule has 0 atom stereocenters. The Morgan fingerprint density at radius 3 is 2.93 bits per heavy atom. The molecule has 30 heavy (non-hydrogen) atoms. The summed E-state index contributed by atoms with van der Waals surface area (Å²) in [6.07, 6.45) is 4.07. The van der Waals surface area contributed by atoms with Gasteiger partial charge in [-0.05, 0) is 37.5 Å². The van der Waals surface area contributed by atoms with Crippen LogP contribution >= 0.6 is 11.8 Å². The Morgan fingerprint density at radius 2 is 2.17 bits per heavy atom. The molecule has 4 rings (SSSR count). The number of fused-ring (bicyclic) bond motifs is 1. The van der Waals surface area contributed by atoms with E-state index in [0.29, 0.717) is 23.0 Å². The van der Waals surface area contributed by atoms with E-state index in [1.54, 1.807) is 23.0 Å². The molecule has 1 N–H and O–H groups in total. The maximum absolute atomic E-state index is 12.6. The van der Waals surface area contributed by atoms with Gasteiger partial charge in [-0.2, -0.15) is 4.98 Å². The predicted molar refractivity (Wildman–Crippen MR) is 111 cm³/mol. The molecule has 0 fully saturated rings. The highest BCUT2D eigenvalue weighted by atomic mass is 32.2. The zero-order chi connectivity index (χ0) is 21.1. The van der Waals surface area contributed by atoms with Crippen LogP contribution in [0.1, 0.15) is 23.4 Å². The number of anilines is 1. The Kier molecular flexibility index (Phi) is 5.66. The summed E-state index contributed by atoms with van der Waals surface area (Å²) in [6, 6.07) is 9.34. The Balaban J connectivity index is 1.47. The number of amides is 1. The zero-order valence-electron chi connectivity index (χ0n) is 15.9. The lowest BCUT2D eigenvalue weighted by Crippen LogP contribution is -2.28. The SMILES string of the molecule is O=C(CSc1nc(=O)n(Cc2ccco2)c2c1CCC2)Nc1cccc([N+](=O)[O-])c1. The number of carbonyl (C=O) groups excluding carboxylic acids is 1. The van der Waals surface area contributed by atoms with Gasteiger partial charge in [-0.3, -0.25) is 19.5 Å². The molecular weight excluding hydrogens is 408 g/mol. The van der Waals surface area contributed by atoms with E-state index in [1.165, 1.54) is 30.0 Å². The number of nitrogens with zero attached hydrogens (tertiary/aromatic N) is 3. The number of hydrogen-bond donors (Lipinski definition) is 1. The van der Waals surface area contributed by atoms with Crippen LogP contribution in [0.2, 0.25) is 0 Å². The summed E-state index contributed by atoms with van der Waals surface area (Å²) >= 11 is 1.20. The molecule has 1 aliphatic carbocycles. The molecule has 3 aromatic rings. The summed E-state index contributed by atoms with van der Waals surface area (Å²) < 4.78 is 6.99. The fraction of sp³-hybridized carbons (Fsp3) is 0.250. The second-order valence-electron chi connectivity index (χ2n) is 6.79. The summed E-state index contributed by atoms with van der Waals surface area (Å²) in [5.74, 6) is 0.405. The normalized spacial score (nSPS) is 12.5. The van der Waals surface area contributed by atoms with Crippen molar-refractivity contribution in [2.45, 2.75) is 30.8 Å². The van der Waals surface area contributed by atoms with E-state index >= 15 is 0 Å². The minimum atomic E-state index is -0.519. The maximum atomic E-state index is 12.6. The number of nitro groups is 1. The number of rotatable bonds is 7. The van der Waals surface area contributed by atoms with E-state index in [9.17, 15) is 19.7 Å². The molecule has 0 spiro atoms. The largest absolute Gasteiger partial charge is 0.467 e. The quantitative estimate of drug-likeness (QED) is 0.267. The molecule has 0 saturated carbocycles. The third-order valence-corrected chi connectivity index (χ3v) is 5.79. The minimum absolute atomic E-state index is 0.0454. The summed E-state index contributed by atoms with van der Waals surface area (Å²) in [4.78, 5) is 39.4. The number of furan rings is 1. The van der Waals surface area contributed by atoms with Crippen molar-refractivity contribution in [3.8, 4) is 0 Å². The number of carbonyl (C=O) groups is 1. The molecule has 0 bridgehead atoms. The smallest absolute Gasteiger partial charge is 0.349 e. The van der Waals surface area contributed by atoms with Gasteiger partial charge in [-0.15, -0.1) is 0 Å². The topological polar surface area (TPSA) is 120 Å². The molecule has 2 aromatic heterocycles. The number of nitrogens with one attached hydrogen (secondary N) is 1. The van der Waals surface area contributed by atoms with E-state index in [1.807, 2.05) is 6.07 Å². The third kappa shape index (κ3) is 4.28. The number of hydrogen-bond acceptors (Lipinski definition) is 7. The van der Waals surface area contributed by atoms with Crippen LogP contribution in [0.4, 0.5) is 11.4 Å². The third-order valence-electron chi connectivity index (χ3n) is 4.78. The highest BCUT2D eigenvalue weighted by Gasteiger charge is 2.23. The predicted octanol–water partition coefficient (Wildman–Crippen LogP) is 3.01. The van der Waals surface area contributed by atoms with Crippen LogP contribution in [0, 0.1) is 10.1 Å². The number of aromatic nitrogens is 2. The summed E-state index contributed by atoms with van der Waals surface area (Å²) in [5, 5.41) is 14.1. The molecule has 1 amide bonds. The average molecular weight is 426 g/mol. The lowest BCUT2D eigenvalue weighted by Gasteiger charge is -2.13. The van der Waals surface area contributed by atoms with E-state index < -0.39 is 4.92 Å². The first-order chi connectivity index (χ1) is 14.5. The first kappa shape index (κ1) is 19.9. The van der Waals surface area contributed by atoms with Crippen molar-refractivity contribution in [3.05, 3.63) is 80.3 Å². The first-order valence-corrected chi connectivity index (χ1v) is 10.3.